The van der Waals surface area contributed by atoms with Crippen molar-refractivity contribution in [2.75, 3.05) is 6.61 Å². The minimum Gasteiger partial charge on any atom is -0.492 e. The summed E-state index contributed by atoms with van der Waals surface area (Å²) in [5.74, 6) is 1.63. The van der Waals surface area contributed by atoms with E-state index in [0.29, 0.717) is 5.92 Å². The smallest absolute Gasteiger partial charge is 0.137 e. The van der Waals surface area contributed by atoms with E-state index in [1.807, 2.05) is 12.1 Å². The van der Waals surface area contributed by atoms with Crippen molar-refractivity contribution in [1.82, 2.24) is 0 Å². The van der Waals surface area contributed by atoms with Crippen molar-refractivity contribution in [1.29, 1.82) is 0 Å². The Balaban J connectivity index is 2.72. The first-order valence-corrected chi connectivity index (χ1v) is 7.60. The zero-order chi connectivity index (χ0) is 12.0. The van der Waals surface area contributed by atoms with Crippen LogP contribution in [0.4, 0.5) is 0 Å². The highest BCUT2D eigenvalue weighted by molar-refractivity contribution is 9.10. The Morgan fingerprint density at radius 1 is 1.25 bits per heavy atom. The molecule has 0 aliphatic heterocycles. The van der Waals surface area contributed by atoms with Gasteiger partial charge in [0.25, 0.3) is 0 Å². The maximum atomic E-state index is 5.93. The van der Waals surface area contributed by atoms with Crippen LogP contribution in [0.25, 0.3) is 0 Å². The third-order valence-electron chi connectivity index (χ3n) is 2.81. The maximum Gasteiger partial charge on any atom is 0.137 e. The zero-order valence-corrected chi connectivity index (χ0v) is 13.0. The molecule has 0 unspecified atom stereocenters. The summed E-state index contributed by atoms with van der Waals surface area (Å²) in [6, 6.07) is 6.14. The van der Waals surface area contributed by atoms with Gasteiger partial charge in [-0.3, -0.25) is 0 Å². The molecule has 0 aromatic heterocycles. The van der Waals surface area contributed by atoms with E-state index in [1.54, 1.807) is 0 Å². The number of hydrogen-bond donors (Lipinski definition) is 0. The molecule has 0 atom stereocenters. The fourth-order valence-corrected chi connectivity index (χ4v) is 2.51. The van der Waals surface area contributed by atoms with E-state index in [0.717, 1.165) is 22.2 Å². The van der Waals surface area contributed by atoms with Gasteiger partial charge in [0.15, 0.2) is 0 Å². The Morgan fingerprint density at radius 2 is 1.94 bits per heavy atom. The molecule has 1 nitrogen and oxygen atoms in total. The topological polar surface area (TPSA) is 9.23 Å². The van der Waals surface area contributed by atoms with Gasteiger partial charge in [-0.1, -0.05) is 54.8 Å². The lowest BCUT2D eigenvalue weighted by Crippen LogP contribution is -2.11. The van der Waals surface area contributed by atoms with Crippen molar-refractivity contribution in [3.8, 4) is 5.75 Å². The van der Waals surface area contributed by atoms with Gasteiger partial charge in [0.2, 0.25) is 0 Å². The number of ether oxygens (including phenoxy) is 1. The predicted octanol–water partition coefficient (Wildman–Crippen LogP) is 5.16. The quantitative estimate of drug-likeness (QED) is 0.644. The van der Waals surface area contributed by atoms with E-state index in [4.69, 9.17) is 4.74 Å². The third kappa shape index (κ3) is 3.77. The summed E-state index contributed by atoms with van der Waals surface area (Å²) in [6.45, 7) is 5.22. The van der Waals surface area contributed by atoms with Crippen molar-refractivity contribution >= 4 is 31.9 Å². The first kappa shape index (κ1) is 14.0. The minimum absolute atomic E-state index is 0.648. The number of alkyl halides is 1. The number of rotatable bonds is 6. The Hall–Kier alpha value is -0.0200. The molecule has 0 radical (unpaired) electrons. The monoisotopic (exact) mass is 348 g/mol. The fraction of sp³-hybridized carbons (Fsp3) is 0.538. The van der Waals surface area contributed by atoms with Crippen molar-refractivity contribution in [2.45, 2.75) is 32.0 Å². The van der Waals surface area contributed by atoms with Gasteiger partial charge in [0.1, 0.15) is 5.75 Å². The molecule has 0 aliphatic rings. The highest BCUT2D eigenvalue weighted by Crippen LogP contribution is 2.31. The van der Waals surface area contributed by atoms with Crippen molar-refractivity contribution in [3.05, 3.63) is 28.2 Å². The van der Waals surface area contributed by atoms with Crippen LogP contribution in [0, 0.1) is 5.92 Å². The summed E-state index contributed by atoms with van der Waals surface area (Å²) in [7, 11) is 0. The van der Waals surface area contributed by atoms with Crippen LogP contribution >= 0.6 is 31.9 Å². The Labute approximate surface area is 115 Å². The molecule has 0 spiro atoms. The molecule has 90 valence electrons. The van der Waals surface area contributed by atoms with Crippen LogP contribution in [0.15, 0.2) is 22.7 Å². The van der Waals surface area contributed by atoms with E-state index in [2.05, 4.69) is 51.8 Å². The summed E-state index contributed by atoms with van der Waals surface area (Å²) >= 11 is 7.02. The summed E-state index contributed by atoms with van der Waals surface area (Å²) in [4.78, 5) is 0. The number of hydrogen-bond acceptors (Lipinski definition) is 1. The van der Waals surface area contributed by atoms with Crippen LogP contribution in [0.5, 0.6) is 5.75 Å². The van der Waals surface area contributed by atoms with Crippen LogP contribution in [0.3, 0.4) is 0 Å². The molecule has 0 amide bonds. The van der Waals surface area contributed by atoms with Gasteiger partial charge in [-0.25, -0.2) is 0 Å². The van der Waals surface area contributed by atoms with E-state index in [9.17, 15) is 0 Å². The molecule has 0 saturated heterocycles. The molecule has 1 rings (SSSR count). The van der Waals surface area contributed by atoms with Crippen LogP contribution in [-0.2, 0) is 5.33 Å². The van der Waals surface area contributed by atoms with Crippen LogP contribution in [0.1, 0.15) is 32.3 Å². The third-order valence-corrected chi connectivity index (χ3v) is 4.04. The predicted molar refractivity (Wildman–Crippen MR) is 76.3 cm³/mol. The minimum atomic E-state index is 0.648. The van der Waals surface area contributed by atoms with Crippen LogP contribution in [-0.4, -0.2) is 6.61 Å². The normalized spacial score (nSPS) is 10.8. The average molecular weight is 350 g/mol. The molecule has 0 N–H and O–H groups in total. The van der Waals surface area contributed by atoms with Gasteiger partial charge in [0, 0.05) is 10.9 Å². The summed E-state index contributed by atoms with van der Waals surface area (Å²) in [5, 5.41) is 0.824. The lowest BCUT2D eigenvalue weighted by Gasteiger charge is -2.16. The molecular formula is C13H18Br2O. The lowest BCUT2D eigenvalue weighted by atomic mass is 10.1. The number of para-hydroxylation sites is 1. The standard InChI is InChI=1S/C13H18Br2O/c1-3-10(4-2)9-16-13-11(8-14)6-5-7-12(13)15/h5-7,10H,3-4,8-9H2,1-2H3. The molecule has 16 heavy (non-hydrogen) atoms. The van der Waals surface area contributed by atoms with Crippen molar-refractivity contribution in [3.63, 3.8) is 0 Å². The van der Waals surface area contributed by atoms with Gasteiger partial charge in [-0.2, -0.15) is 0 Å². The number of benzene rings is 1. The summed E-state index contributed by atoms with van der Waals surface area (Å²) < 4.78 is 6.96. The highest BCUT2D eigenvalue weighted by atomic mass is 79.9. The Kier molecular flexibility index (Phi) is 6.44. The fourth-order valence-electron chi connectivity index (χ4n) is 1.55. The Morgan fingerprint density at radius 3 is 2.50 bits per heavy atom. The molecule has 0 aliphatic carbocycles. The maximum absolute atomic E-state index is 5.93. The van der Waals surface area contributed by atoms with Crippen LogP contribution in [0.2, 0.25) is 0 Å². The largest absolute Gasteiger partial charge is 0.492 e. The van der Waals surface area contributed by atoms with Crippen molar-refractivity contribution < 1.29 is 4.74 Å². The second-order valence-corrected chi connectivity index (χ2v) is 5.27. The second-order valence-electron chi connectivity index (χ2n) is 3.86. The van der Waals surface area contributed by atoms with Crippen molar-refractivity contribution in [2.24, 2.45) is 5.92 Å². The molecule has 0 heterocycles. The molecule has 3 heteroatoms. The highest BCUT2D eigenvalue weighted by Gasteiger charge is 2.10. The van der Waals surface area contributed by atoms with E-state index in [1.165, 1.54) is 18.4 Å². The summed E-state index contributed by atoms with van der Waals surface area (Å²) in [5.41, 5.74) is 1.19. The van der Waals surface area contributed by atoms with E-state index < -0.39 is 0 Å². The molecular weight excluding hydrogens is 332 g/mol. The SMILES string of the molecule is CCC(CC)COc1c(Br)cccc1CBr. The van der Waals surface area contributed by atoms with Crippen LogP contribution < -0.4 is 4.74 Å². The second kappa shape index (κ2) is 7.33. The molecule has 1 aromatic carbocycles. The van der Waals surface area contributed by atoms with Gasteiger partial charge >= 0.3 is 0 Å². The molecule has 0 fully saturated rings. The Bertz CT molecular complexity index is 322. The first-order valence-electron chi connectivity index (χ1n) is 5.69. The molecule has 0 saturated carbocycles. The lowest BCUT2D eigenvalue weighted by molar-refractivity contribution is 0.238. The van der Waals surface area contributed by atoms with Gasteiger partial charge in [-0.05, 0) is 27.9 Å². The average Bonchev–Trinajstić information content (AvgIpc) is 2.31. The van der Waals surface area contributed by atoms with E-state index >= 15 is 0 Å². The van der Waals surface area contributed by atoms with Gasteiger partial charge < -0.3 is 4.74 Å². The number of halogens is 2. The van der Waals surface area contributed by atoms with Gasteiger partial charge in [-0.15, -0.1) is 0 Å². The van der Waals surface area contributed by atoms with Gasteiger partial charge in [0.05, 0.1) is 11.1 Å². The first-order chi connectivity index (χ1) is 7.72. The molecule has 1 aromatic rings. The summed E-state index contributed by atoms with van der Waals surface area (Å²) in [6.07, 6.45) is 2.34. The molecule has 0 bridgehead atoms. The van der Waals surface area contributed by atoms with E-state index in [-0.39, 0.29) is 0 Å². The zero-order valence-electron chi connectivity index (χ0n) is 9.80.